The summed E-state index contributed by atoms with van der Waals surface area (Å²) in [6.45, 7) is 2.33. The molecule has 0 spiro atoms. The minimum atomic E-state index is -3.91. The van der Waals surface area contributed by atoms with Gasteiger partial charge in [-0.15, -0.1) is 0 Å². The van der Waals surface area contributed by atoms with Crippen LogP contribution in [0.2, 0.25) is 10.0 Å². The maximum Gasteiger partial charge on any atom is 0.243 e. The topological polar surface area (TPSA) is 83.6 Å². The van der Waals surface area contributed by atoms with Crippen LogP contribution in [0, 0.1) is 6.92 Å². The Bertz CT molecular complexity index is 1040. The largest absolute Gasteiger partial charge is 0.243 e. The normalized spacial score (nSPS) is 17.0. The number of halogens is 2. The summed E-state index contributed by atoms with van der Waals surface area (Å²) < 4.78 is 54.8. The van der Waals surface area contributed by atoms with Gasteiger partial charge in [0, 0.05) is 19.1 Å². The number of aryl methyl sites for hydroxylation is 1. The van der Waals surface area contributed by atoms with Gasteiger partial charge in [-0.1, -0.05) is 47.0 Å². The monoisotopic (exact) mass is 462 g/mol. The van der Waals surface area contributed by atoms with Crippen LogP contribution in [0.5, 0.6) is 0 Å². The third-order valence-electron chi connectivity index (χ3n) is 4.62. The Morgan fingerprint density at radius 3 is 2.00 bits per heavy atom. The average Bonchev–Trinajstić information content (AvgIpc) is 2.62. The molecule has 1 aliphatic heterocycles. The Balaban J connectivity index is 1.69. The molecular weight excluding hydrogens is 443 g/mol. The van der Waals surface area contributed by atoms with Crippen LogP contribution in [-0.4, -0.2) is 40.3 Å². The molecule has 28 heavy (non-hydrogen) atoms. The Morgan fingerprint density at radius 2 is 1.46 bits per heavy atom. The van der Waals surface area contributed by atoms with Gasteiger partial charge in [0.2, 0.25) is 20.0 Å². The van der Waals surface area contributed by atoms with E-state index in [0.29, 0.717) is 12.8 Å². The van der Waals surface area contributed by atoms with E-state index in [9.17, 15) is 16.8 Å². The van der Waals surface area contributed by atoms with E-state index in [1.807, 2.05) is 6.92 Å². The van der Waals surface area contributed by atoms with E-state index in [1.165, 1.54) is 16.4 Å². The Labute approximate surface area is 175 Å². The van der Waals surface area contributed by atoms with Crippen LogP contribution in [0.1, 0.15) is 18.4 Å². The van der Waals surface area contributed by atoms with Crippen molar-refractivity contribution in [2.75, 3.05) is 13.1 Å². The van der Waals surface area contributed by atoms with E-state index >= 15 is 0 Å². The zero-order valence-electron chi connectivity index (χ0n) is 15.1. The van der Waals surface area contributed by atoms with Gasteiger partial charge < -0.3 is 0 Å². The number of nitrogens with one attached hydrogen (secondary N) is 1. The zero-order valence-corrected chi connectivity index (χ0v) is 18.2. The molecular formula is C18H20Cl2N2O4S2. The van der Waals surface area contributed by atoms with Crippen molar-refractivity contribution in [3.63, 3.8) is 0 Å². The molecule has 1 aliphatic rings. The van der Waals surface area contributed by atoms with Crippen LogP contribution in [0.15, 0.2) is 52.3 Å². The molecule has 0 amide bonds. The highest BCUT2D eigenvalue weighted by molar-refractivity contribution is 7.90. The summed E-state index contributed by atoms with van der Waals surface area (Å²) in [5, 5.41) is 0.0822. The summed E-state index contributed by atoms with van der Waals surface area (Å²) in [7, 11) is -7.51. The van der Waals surface area contributed by atoms with Gasteiger partial charge in [-0.25, -0.2) is 21.6 Å². The number of piperidine rings is 1. The molecule has 1 saturated heterocycles. The third-order valence-corrected chi connectivity index (χ3v) is 9.01. The van der Waals surface area contributed by atoms with Crippen LogP contribution in [0.25, 0.3) is 0 Å². The molecule has 2 aromatic rings. The first-order chi connectivity index (χ1) is 13.1. The van der Waals surface area contributed by atoms with Gasteiger partial charge in [0.05, 0.1) is 14.9 Å². The summed E-state index contributed by atoms with van der Waals surface area (Å²) in [4.78, 5) is 0.0769. The second-order valence-electron chi connectivity index (χ2n) is 6.66. The summed E-state index contributed by atoms with van der Waals surface area (Å²) in [5.41, 5.74) is 0.977. The van der Waals surface area contributed by atoms with Crippen LogP contribution in [0.4, 0.5) is 0 Å². The number of benzene rings is 2. The lowest BCUT2D eigenvalue weighted by Gasteiger charge is -2.31. The van der Waals surface area contributed by atoms with Gasteiger partial charge >= 0.3 is 0 Å². The smallest absolute Gasteiger partial charge is 0.208 e. The molecule has 0 bridgehead atoms. The number of nitrogens with zero attached hydrogens (tertiary/aromatic N) is 1. The van der Waals surface area contributed by atoms with Crippen molar-refractivity contribution in [2.45, 2.75) is 35.6 Å². The highest BCUT2D eigenvalue weighted by atomic mass is 35.5. The van der Waals surface area contributed by atoms with E-state index in [-0.39, 0.29) is 32.9 Å². The van der Waals surface area contributed by atoms with Crippen molar-refractivity contribution in [2.24, 2.45) is 0 Å². The fraction of sp³-hybridized carbons (Fsp3) is 0.333. The highest BCUT2D eigenvalue weighted by Gasteiger charge is 2.32. The quantitative estimate of drug-likeness (QED) is 0.737. The van der Waals surface area contributed by atoms with Gasteiger partial charge in [-0.2, -0.15) is 4.31 Å². The first-order valence-corrected chi connectivity index (χ1v) is 12.3. The first-order valence-electron chi connectivity index (χ1n) is 8.64. The van der Waals surface area contributed by atoms with E-state index in [1.54, 1.807) is 30.3 Å². The van der Waals surface area contributed by atoms with E-state index in [4.69, 9.17) is 23.2 Å². The van der Waals surface area contributed by atoms with Gasteiger partial charge in [-0.3, -0.25) is 0 Å². The number of hydrogen-bond acceptors (Lipinski definition) is 4. The first kappa shape index (κ1) is 21.5. The minimum Gasteiger partial charge on any atom is -0.208 e. The molecule has 0 saturated carbocycles. The van der Waals surface area contributed by atoms with Crippen molar-refractivity contribution in [1.29, 1.82) is 0 Å². The average molecular weight is 463 g/mol. The second kappa shape index (κ2) is 8.30. The molecule has 152 valence electrons. The van der Waals surface area contributed by atoms with Crippen molar-refractivity contribution >= 4 is 43.2 Å². The molecule has 6 nitrogen and oxygen atoms in total. The summed E-state index contributed by atoms with van der Waals surface area (Å²) in [5.74, 6) is 0. The lowest BCUT2D eigenvalue weighted by atomic mass is 10.1. The maximum atomic E-state index is 12.8. The molecule has 1 heterocycles. The third kappa shape index (κ3) is 4.53. The lowest BCUT2D eigenvalue weighted by molar-refractivity contribution is 0.308. The van der Waals surface area contributed by atoms with Crippen LogP contribution >= 0.6 is 23.2 Å². The van der Waals surface area contributed by atoms with Crippen molar-refractivity contribution in [1.82, 2.24) is 9.03 Å². The summed E-state index contributed by atoms with van der Waals surface area (Å²) >= 11 is 12.0. The van der Waals surface area contributed by atoms with Gasteiger partial charge in [-0.05, 0) is 44.0 Å². The number of rotatable bonds is 5. The highest BCUT2D eigenvalue weighted by Crippen LogP contribution is 2.30. The van der Waals surface area contributed by atoms with Gasteiger partial charge in [0.1, 0.15) is 4.90 Å². The number of sulfonamides is 2. The molecule has 2 aromatic carbocycles. The fourth-order valence-electron chi connectivity index (χ4n) is 3.09. The molecule has 3 rings (SSSR count). The van der Waals surface area contributed by atoms with Crippen LogP contribution in [0.3, 0.4) is 0 Å². The SMILES string of the molecule is Cc1ccc(S(=O)(=O)N2CCC(NS(=O)(=O)c3c(Cl)cccc3Cl)CC2)cc1. The van der Waals surface area contributed by atoms with E-state index in [2.05, 4.69) is 4.72 Å². The van der Waals surface area contributed by atoms with Crippen molar-refractivity contribution < 1.29 is 16.8 Å². The molecule has 0 radical (unpaired) electrons. The van der Waals surface area contributed by atoms with E-state index in [0.717, 1.165) is 5.56 Å². The zero-order chi connectivity index (χ0) is 20.5. The number of hydrogen-bond donors (Lipinski definition) is 1. The lowest BCUT2D eigenvalue weighted by Crippen LogP contribution is -2.46. The summed E-state index contributed by atoms with van der Waals surface area (Å²) in [6, 6.07) is 10.7. The predicted molar refractivity (Wildman–Crippen MR) is 110 cm³/mol. The van der Waals surface area contributed by atoms with Crippen LogP contribution < -0.4 is 4.72 Å². The second-order valence-corrected chi connectivity index (χ2v) is 11.1. The molecule has 0 atom stereocenters. The Morgan fingerprint density at radius 1 is 0.929 bits per heavy atom. The van der Waals surface area contributed by atoms with Gasteiger partial charge in [0.25, 0.3) is 0 Å². The molecule has 1 fully saturated rings. The maximum absolute atomic E-state index is 12.8. The molecule has 0 unspecified atom stereocenters. The molecule has 1 N–H and O–H groups in total. The summed E-state index contributed by atoms with van der Waals surface area (Å²) in [6.07, 6.45) is 0.707. The van der Waals surface area contributed by atoms with Crippen molar-refractivity contribution in [3.8, 4) is 0 Å². The Hall–Kier alpha value is -1.16. The predicted octanol–water partition coefficient (Wildman–Crippen LogP) is 3.43. The molecule has 0 aliphatic carbocycles. The van der Waals surface area contributed by atoms with E-state index < -0.39 is 26.1 Å². The van der Waals surface area contributed by atoms with Crippen molar-refractivity contribution in [3.05, 3.63) is 58.1 Å². The minimum absolute atomic E-state index is 0.0411. The standard InChI is InChI=1S/C18H20Cl2N2O4S2/c1-13-5-7-15(8-6-13)28(25,26)22-11-9-14(10-12-22)21-27(23,24)18-16(19)3-2-4-17(18)20/h2-8,14,21H,9-12H2,1H3. The molecule has 0 aromatic heterocycles. The van der Waals surface area contributed by atoms with Gasteiger partial charge in [0.15, 0.2) is 0 Å². The van der Waals surface area contributed by atoms with Crippen LogP contribution in [-0.2, 0) is 20.0 Å². The fourth-order valence-corrected chi connectivity index (χ4v) is 7.01. The Kier molecular flexibility index (Phi) is 6.38. The molecule has 10 heteroatoms.